The molecule has 1 aliphatic heterocycles. The van der Waals surface area contributed by atoms with Crippen molar-refractivity contribution in [3.63, 3.8) is 0 Å². The third-order valence-corrected chi connectivity index (χ3v) is 8.14. The van der Waals surface area contributed by atoms with Gasteiger partial charge in [0.1, 0.15) is 5.00 Å². The zero-order valence-corrected chi connectivity index (χ0v) is 23.4. The van der Waals surface area contributed by atoms with Crippen molar-refractivity contribution in [2.24, 2.45) is 0 Å². The topological polar surface area (TPSA) is 148 Å². The fraction of sp³-hybridized carbons (Fsp3) is 0.259. The van der Waals surface area contributed by atoms with E-state index in [-0.39, 0.29) is 35.4 Å². The molecule has 0 saturated carbocycles. The normalized spacial score (nSPS) is 12.3. The van der Waals surface area contributed by atoms with Gasteiger partial charge in [-0.15, -0.1) is 23.1 Å². The number of hydrogen-bond acceptors (Lipinski definition) is 9. The number of nitro groups is 1. The minimum absolute atomic E-state index is 0.0344. The summed E-state index contributed by atoms with van der Waals surface area (Å²) in [4.78, 5) is 63.7. The molecule has 0 fully saturated rings. The van der Waals surface area contributed by atoms with Crippen LogP contribution in [0.3, 0.4) is 0 Å². The van der Waals surface area contributed by atoms with Gasteiger partial charge < -0.3 is 20.3 Å². The molecule has 11 nitrogen and oxygen atoms in total. The van der Waals surface area contributed by atoms with E-state index in [0.717, 1.165) is 10.4 Å². The smallest absolute Gasteiger partial charge is 0.341 e. The lowest BCUT2D eigenvalue weighted by atomic mass is 10.0. The summed E-state index contributed by atoms with van der Waals surface area (Å²) in [6.45, 7) is 4.27. The Morgan fingerprint density at radius 1 is 1.12 bits per heavy atom. The van der Waals surface area contributed by atoms with Gasteiger partial charge in [-0.05, 0) is 43.2 Å². The number of nitrogens with zero attached hydrogens (tertiary/aromatic N) is 2. The van der Waals surface area contributed by atoms with Gasteiger partial charge in [0.2, 0.25) is 11.8 Å². The zero-order chi connectivity index (χ0) is 28.8. The highest BCUT2D eigenvalue weighted by Gasteiger charge is 2.30. The third-order valence-electron chi connectivity index (χ3n) is 6.02. The number of esters is 1. The Morgan fingerprint density at radius 2 is 1.90 bits per heavy atom. The van der Waals surface area contributed by atoms with E-state index in [2.05, 4.69) is 10.6 Å². The lowest BCUT2D eigenvalue weighted by molar-refractivity contribution is -0.384. The molecule has 208 valence electrons. The summed E-state index contributed by atoms with van der Waals surface area (Å²) in [5, 5.41) is 16.9. The highest BCUT2D eigenvalue weighted by molar-refractivity contribution is 8.00. The maximum atomic E-state index is 12.9. The van der Waals surface area contributed by atoms with Crippen molar-refractivity contribution < 1.29 is 28.8 Å². The molecule has 0 aliphatic carbocycles. The van der Waals surface area contributed by atoms with Crippen molar-refractivity contribution in [1.82, 2.24) is 4.90 Å². The van der Waals surface area contributed by atoms with Crippen LogP contribution in [0.5, 0.6) is 0 Å². The Kier molecular flexibility index (Phi) is 9.17. The van der Waals surface area contributed by atoms with Crippen molar-refractivity contribution in [2.45, 2.75) is 31.7 Å². The van der Waals surface area contributed by atoms with Crippen molar-refractivity contribution >= 4 is 63.2 Å². The number of anilines is 2. The van der Waals surface area contributed by atoms with E-state index >= 15 is 0 Å². The molecule has 40 heavy (non-hydrogen) atoms. The lowest BCUT2D eigenvalue weighted by Crippen LogP contribution is -2.34. The summed E-state index contributed by atoms with van der Waals surface area (Å²) in [5.41, 5.74) is 1.57. The van der Waals surface area contributed by atoms with Crippen LogP contribution in [0.2, 0.25) is 0 Å². The highest BCUT2D eigenvalue weighted by atomic mass is 32.2. The third kappa shape index (κ3) is 6.85. The lowest BCUT2D eigenvalue weighted by Gasteiger charge is -2.25. The van der Waals surface area contributed by atoms with Crippen LogP contribution in [-0.2, 0) is 27.3 Å². The van der Waals surface area contributed by atoms with E-state index in [9.17, 15) is 29.3 Å². The summed E-state index contributed by atoms with van der Waals surface area (Å²) in [6.07, 6.45) is 0.499. The largest absolute Gasteiger partial charge is 0.462 e. The van der Waals surface area contributed by atoms with Crippen molar-refractivity contribution in [2.75, 3.05) is 29.5 Å². The summed E-state index contributed by atoms with van der Waals surface area (Å²) in [7, 11) is 0. The minimum Gasteiger partial charge on any atom is -0.462 e. The van der Waals surface area contributed by atoms with E-state index < -0.39 is 16.8 Å². The Labute approximate surface area is 238 Å². The molecule has 2 N–H and O–H groups in total. The van der Waals surface area contributed by atoms with E-state index in [1.807, 2.05) is 0 Å². The summed E-state index contributed by atoms with van der Waals surface area (Å²) < 4.78 is 5.24. The average molecular weight is 583 g/mol. The fourth-order valence-electron chi connectivity index (χ4n) is 4.12. The second-order valence-corrected chi connectivity index (χ2v) is 10.9. The van der Waals surface area contributed by atoms with E-state index in [1.54, 1.807) is 36.1 Å². The van der Waals surface area contributed by atoms with Crippen LogP contribution in [0.25, 0.3) is 0 Å². The molecule has 13 heteroatoms. The summed E-state index contributed by atoms with van der Waals surface area (Å²) in [5.74, 6) is -1.36. The fourth-order valence-corrected chi connectivity index (χ4v) is 6.14. The molecule has 4 rings (SSSR count). The van der Waals surface area contributed by atoms with Gasteiger partial charge in [0.05, 0.1) is 29.4 Å². The van der Waals surface area contributed by atoms with Gasteiger partial charge in [-0.1, -0.05) is 12.1 Å². The molecule has 2 aromatic carbocycles. The van der Waals surface area contributed by atoms with Crippen LogP contribution >= 0.6 is 23.1 Å². The Bertz CT molecular complexity index is 1490. The Balaban J connectivity index is 1.42. The molecule has 0 saturated heterocycles. The number of hydrogen-bond donors (Lipinski definition) is 2. The number of carbonyl (C=O) groups excluding carboxylic acids is 4. The number of amides is 3. The molecular weight excluding hydrogens is 556 g/mol. The van der Waals surface area contributed by atoms with Crippen LogP contribution < -0.4 is 10.6 Å². The molecule has 1 aromatic heterocycles. The number of benzene rings is 2. The molecule has 3 amide bonds. The average Bonchev–Trinajstić information content (AvgIpc) is 3.29. The number of nitrogens with one attached hydrogen (secondary N) is 2. The Hall–Kier alpha value is -4.23. The van der Waals surface area contributed by atoms with E-state index in [0.29, 0.717) is 40.7 Å². The van der Waals surface area contributed by atoms with Gasteiger partial charge in [-0.25, -0.2) is 4.79 Å². The zero-order valence-electron chi connectivity index (χ0n) is 21.7. The van der Waals surface area contributed by atoms with Crippen LogP contribution in [0.15, 0.2) is 53.4 Å². The first kappa shape index (κ1) is 28.8. The van der Waals surface area contributed by atoms with Crippen molar-refractivity contribution in [3.05, 3.63) is 80.2 Å². The minimum atomic E-state index is -0.568. The summed E-state index contributed by atoms with van der Waals surface area (Å²) in [6, 6.07) is 12.3. The van der Waals surface area contributed by atoms with Crippen LogP contribution in [-0.4, -0.2) is 52.4 Å². The molecule has 0 spiro atoms. The summed E-state index contributed by atoms with van der Waals surface area (Å²) >= 11 is 2.51. The number of thioether (sulfide) groups is 1. The molecule has 0 bridgehead atoms. The number of thiophene rings is 1. The van der Waals surface area contributed by atoms with Crippen LogP contribution in [0.4, 0.5) is 16.4 Å². The predicted octanol–water partition coefficient (Wildman–Crippen LogP) is 4.72. The molecule has 0 radical (unpaired) electrons. The van der Waals surface area contributed by atoms with Gasteiger partial charge in [-0.3, -0.25) is 24.5 Å². The first-order valence-electron chi connectivity index (χ1n) is 12.3. The predicted molar refractivity (Wildman–Crippen MR) is 152 cm³/mol. The van der Waals surface area contributed by atoms with Crippen LogP contribution in [0.1, 0.15) is 45.0 Å². The molecule has 0 unspecified atom stereocenters. The van der Waals surface area contributed by atoms with Gasteiger partial charge >= 0.3 is 5.97 Å². The number of carbonyl (C=O) groups is 4. The molecule has 1 aliphatic rings. The van der Waals surface area contributed by atoms with Crippen molar-refractivity contribution in [3.8, 4) is 0 Å². The molecule has 2 heterocycles. The number of fused-ring (bicyclic) bond motifs is 1. The highest BCUT2D eigenvalue weighted by Crippen LogP contribution is 2.38. The number of nitro benzene ring substituents is 1. The van der Waals surface area contributed by atoms with Crippen molar-refractivity contribution in [1.29, 1.82) is 0 Å². The maximum Gasteiger partial charge on any atom is 0.341 e. The van der Waals surface area contributed by atoms with E-state index in [1.165, 1.54) is 54.3 Å². The molecular formula is C27H26N4O7S2. The quantitative estimate of drug-likeness (QED) is 0.159. The SMILES string of the molecule is CCOC(=O)c1c(NC(=O)CSc2cccc(NC(=O)c3cccc([N+](=O)[O-])c3)c2)sc2c1CCN(C(C)=O)C2. The number of non-ortho nitro benzene ring substituents is 1. The van der Waals surface area contributed by atoms with E-state index in [4.69, 9.17) is 4.74 Å². The van der Waals surface area contributed by atoms with Gasteiger partial charge in [0.15, 0.2) is 0 Å². The van der Waals surface area contributed by atoms with Gasteiger partial charge in [0, 0.05) is 46.6 Å². The molecule has 3 aromatic rings. The number of rotatable bonds is 9. The Morgan fingerprint density at radius 3 is 2.62 bits per heavy atom. The molecule has 0 atom stereocenters. The van der Waals surface area contributed by atoms with Crippen LogP contribution in [0, 0.1) is 10.1 Å². The van der Waals surface area contributed by atoms with Gasteiger partial charge in [0.25, 0.3) is 11.6 Å². The second-order valence-electron chi connectivity index (χ2n) is 8.75. The second kappa shape index (κ2) is 12.7. The maximum absolute atomic E-state index is 12.9. The number of ether oxygens (including phenoxy) is 1. The first-order chi connectivity index (χ1) is 19.2. The first-order valence-corrected chi connectivity index (χ1v) is 14.1. The van der Waals surface area contributed by atoms with Gasteiger partial charge in [-0.2, -0.15) is 0 Å². The standard InChI is InChI=1S/C27H26N4O7S2/c1-3-38-27(35)24-21-10-11-30(16(2)32)14-22(21)40-26(24)29-23(33)15-39-20-9-5-7-18(13-20)28-25(34)17-6-4-8-19(12-17)31(36)37/h4-9,12-13H,3,10-11,14-15H2,1-2H3,(H,28,34)(H,29,33). The monoisotopic (exact) mass is 582 g/mol.